The number of allylic oxidation sites excluding steroid dienone is 2. The van der Waals surface area contributed by atoms with E-state index in [1.807, 2.05) is 36.4 Å². The minimum absolute atomic E-state index is 0.261. The molecule has 1 fully saturated rings. The molecule has 4 nitrogen and oxygen atoms in total. The van der Waals surface area contributed by atoms with Gasteiger partial charge in [-0.25, -0.2) is 0 Å². The molecule has 0 radical (unpaired) electrons. The van der Waals surface area contributed by atoms with Crippen molar-refractivity contribution in [1.82, 2.24) is 0 Å². The summed E-state index contributed by atoms with van der Waals surface area (Å²) in [6, 6.07) is 9.56. The van der Waals surface area contributed by atoms with E-state index in [1.54, 1.807) is 0 Å². The molecule has 0 unspecified atom stereocenters. The Morgan fingerprint density at radius 3 is 2.61 bits per heavy atom. The first-order chi connectivity index (χ1) is 8.75. The molecule has 4 heteroatoms. The highest BCUT2D eigenvalue weighted by Crippen LogP contribution is 2.19. The molecule has 1 aliphatic heterocycles. The van der Waals surface area contributed by atoms with Crippen molar-refractivity contribution < 1.29 is 9.66 Å². The highest BCUT2D eigenvalue weighted by molar-refractivity contribution is 5.19. The second-order valence-electron chi connectivity index (χ2n) is 4.53. The minimum atomic E-state index is -0.261. The lowest BCUT2D eigenvalue weighted by molar-refractivity contribution is -0.427. The molecule has 0 aromatic heterocycles. The molecule has 1 saturated heterocycles. The van der Waals surface area contributed by atoms with Crippen LogP contribution < -0.4 is 0 Å². The predicted octanol–water partition coefficient (Wildman–Crippen LogP) is 2.82. The van der Waals surface area contributed by atoms with Crippen molar-refractivity contribution in [3.05, 3.63) is 57.8 Å². The summed E-state index contributed by atoms with van der Waals surface area (Å²) in [6.45, 7) is 1.41. The van der Waals surface area contributed by atoms with Crippen molar-refractivity contribution in [3.63, 3.8) is 0 Å². The van der Waals surface area contributed by atoms with Gasteiger partial charge in [-0.15, -0.1) is 0 Å². The average Bonchev–Trinajstić information content (AvgIpc) is 2.40. The van der Waals surface area contributed by atoms with Crippen molar-refractivity contribution >= 4 is 0 Å². The molecule has 0 spiro atoms. The van der Waals surface area contributed by atoms with Crippen LogP contribution >= 0.6 is 0 Å². The van der Waals surface area contributed by atoms with Crippen molar-refractivity contribution in [3.8, 4) is 0 Å². The molecule has 1 heterocycles. The van der Waals surface area contributed by atoms with Crippen molar-refractivity contribution in [2.75, 3.05) is 13.2 Å². The molecular formula is C14H17NO3. The largest absolute Gasteiger partial charge is 0.381 e. The number of hydrogen-bond acceptors (Lipinski definition) is 3. The first-order valence-electron chi connectivity index (χ1n) is 6.22. The van der Waals surface area contributed by atoms with Crippen LogP contribution in [0, 0.1) is 16.0 Å². The highest BCUT2D eigenvalue weighted by Gasteiger charge is 2.18. The topological polar surface area (TPSA) is 52.4 Å². The Morgan fingerprint density at radius 2 is 2.00 bits per heavy atom. The average molecular weight is 247 g/mol. The maximum absolute atomic E-state index is 11.1. The van der Waals surface area contributed by atoms with E-state index in [4.69, 9.17) is 4.74 Å². The lowest BCUT2D eigenvalue weighted by Crippen LogP contribution is -2.15. The SMILES string of the molecule is O=[N+]([O-])C(=CC1CCOCC1)Cc1ccccc1. The van der Waals surface area contributed by atoms with Gasteiger partial charge in [-0.2, -0.15) is 0 Å². The third-order valence-electron chi connectivity index (χ3n) is 3.16. The van der Waals surface area contributed by atoms with Crippen LogP contribution in [-0.4, -0.2) is 18.1 Å². The lowest BCUT2D eigenvalue weighted by atomic mass is 9.97. The van der Waals surface area contributed by atoms with Crippen molar-refractivity contribution in [1.29, 1.82) is 0 Å². The van der Waals surface area contributed by atoms with Gasteiger partial charge in [0.1, 0.15) is 0 Å². The van der Waals surface area contributed by atoms with Crippen LogP contribution in [0.4, 0.5) is 0 Å². The maximum Gasteiger partial charge on any atom is 0.246 e. The monoisotopic (exact) mass is 247 g/mol. The zero-order valence-corrected chi connectivity index (χ0v) is 10.2. The van der Waals surface area contributed by atoms with Crippen LogP contribution in [0.25, 0.3) is 0 Å². The van der Waals surface area contributed by atoms with Crippen LogP contribution in [0.3, 0.4) is 0 Å². The number of ether oxygens (including phenoxy) is 1. The Kier molecular flexibility index (Phi) is 4.47. The summed E-state index contributed by atoms with van der Waals surface area (Å²) in [6.07, 6.45) is 3.97. The van der Waals surface area contributed by atoms with Gasteiger partial charge in [0.2, 0.25) is 5.70 Å². The molecule has 0 N–H and O–H groups in total. The molecule has 96 valence electrons. The molecule has 0 atom stereocenters. The van der Waals surface area contributed by atoms with Gasteiger partial charge in [0.05, 0.1) is 11.3 Å². The second-order valence-corrected chi connectivity index (χ2v) is 4.53. The zero-order chi connectivity index (χ0) is 12.8. The van der Waals surface area contributed by atoms with Gasteiger partial charge in [-0.05, 0) is 30.4 Å². The molecule has 0 aliphatic carbocycles. The summed E-state index contributed by atoms with van der Waals surface area (Å²) in [5, 5.41) is 11.1. The summed E-state index contributed by atoms with van der Waals surface area (Å²) in [5.41, 5.74) is 1.28. The Labute approximate surface area is 106 Å². The third kappa shape index (κ3) is 3.67. The smallest absolute Gasteiger partial charge is 0.246 e. The molecule has 1 aromatic rings. The van der Waals surface area contributed by atoms with E-state index in [1.165, 1.54) is 0 Å². The van der Waals surface area contributed by atoms with Crippen LogP contribution in [-0.2, 0) is 11.2 Å². The van der Waals surface area contributed by atoms with Gasteiger partial charge in [0.25, 0.3) is 0 Å². The number of hydrogen-bond donors (Lipinski definition) is 0. The van der Waals surface area contributed by atoms with E-state index < -0.39 is 0 Å². The Morgan fingerprint density at radius 1 is 1.33 bits per heavy atom. The minimum Gasteiger partial charge on any atom is -0.381 e. The summed E-state index contributed by atoms with van der Waals surface area (Å²) in [7, 11) is 0. The van der Waals surface area contributed by atoms with Gasteiger partial charge in [-0.1, -0.05) is 30.3 Å². The van der Waals surface area contributed by atoms with E-state index in [2.05, 4.69) is 0 Å². The maximum atomic E-state index is 11.1. The number of rotatable bonds is 4. The summed E-state index contributed by atoms with van der Waals surface area (Å²) in [4.78, 5) is 10.8. The predicted molar refractivity (Wildman–Crippen MR) is 68.8 cm³/mol. The molecule has 1 aliphatic rings. The van der Waals surface area contributed by atoms with E-state index in [-0.39, 0.29) is 10.8 Å². The molecule has 0 bridgehead atoms. The van der Waals surface area contributed by atoms with Crippen LogP contribution in [0.1, 0.15) is 18.4 Å². The van der Waals surface area contributed by atoms with Gasteiger partial charge in [-0.3, -0.25) is 10.1 Å². The van der Waals surface area contributed by atoms with Gasteiger partial charge in [0, 0.05) is 13.2 Å². The fourth-order valence-electron chi connectivity index (χ4n) is 2.14. The van der Waals surface area contributed by atoms with Gasteiger partial charge < -0.3 is 4.74 Å². The molecule has 2 rings (SSSR count). The van der Waals surface area contributed by atoms with E-state index in [0.717, 1.165) is 18.4 Å². The fraction of sp³-hybridized carbons (Fsp3) is 0.429. The van der Waals surface area contributed by atoms with Crippen molar-refractivity contribution in [2.24, 2.45) is 5.92 Å². The third-order valence-corrected chi connectivity index (χ3v) is 3.16. The quantitative estimate of drug-likeness (QED) is 0.607. The molecular weight excluding hydrogens is 230 g/mol. The Balaban J connectivity index is 2.08. The molecule has 1 aromatic carbocycles. The van der Waals surface area contributed by atoms with E-state index in [9.17, 15) is 10.1 Å². The first kappa shape index (κ1) is 12.8. The lowest BCUT2D eigenvalue weighted by Gasteiger charge is -2.18. The summed E-state index contributed by atoms with van der Waals surface area (Å²) in [5.74, 6) is 0.280. The van der Waals surface area contributed by atoms with Crippen LogP contribution in [0.5, 0.6) is 0 Å². The first-order valence-corrected chi connectivity index (χ1v) is 6.22. The summed E-state index contributed by atoms with van der Waals surface area (Å²) >= 11 is 0. The summed E-state index contributed by atoms with van der Waals surface area (Å²) < 4.78 is 5.26. The highest BCUT2D eigenvalue weighted by atomic mass is 16.6. The van der Waals surface area contributed by atoms with Crippen LogP contribution in [0.15, 0.2) is 42.1 Å². The van der Waals surface area contributed by atoms with E-state index in [0.29, 0.717) is 25.3 Å². The fourth-order valence-corrected chi connectivity index (χ4v) is 2.14. The second kappa shape index (κ2) is 6.31. The Bertz CT molecular complexity index is 422. The standard InChI is InChI=1S/C14H17NO3/c16-15(17)14(10-12-4-2-1-3-5-12)11-13-6-8-18-9-7-13/h1-5,11,13H,6-10H2. The van der Waals surface area contributed by atoms with E-state index >= 15 is 0 Å². The normalized spacial score (nSPS) is 17.7. The Hall–Kier alpha value is -1.68. The number of benzene rings is 1. The van der Waals surface area contributed by atoms with Gasteiger partial charge >= 0.3 is 0 Å². The number of nitrogens with zero attached hydrogens (tertiary/aromatic N) is 1. The van der Waals surface area contributed by atoms with Crippen LogP contribution in [0.2, 0.25) is 0 Å². The van der Waals surface area contributed by atoms with Crippen molar-refractivity contribution in [2.45, 2.75) is 19.3 Å². The number of nitro groups is 1. The molecule has 0 amide bonds. The molecule has 18 heavy (non-hydrogen) atoms. The zero-order valence-electron chi connectivity index (χ0n) is 10.2. The van der Waals surface area contributed by atoms with Gasteiger partial charge in [0.15, 0.2) is 0 Å². The molecule has 0 saturated carbocycles.